The second-order valence-corrected chi connectivity index (χ2v) is 5.44. The molecule has 0 aliphatic carbocycles. The van der Waals surface area contributed by atoms with Crippen molar-refractivity contribution in [2.45, 2.75) is 32.4 Å². The van der Waals surface area contributed by atoms with Crippen LogP contribution in [-0.4, -0.2) is 48.0 Å². The monoisotopic (exact) mass is 282 g/mol. The van der Waals surface area contributed by atoms with Gasteiger partial charge in [-0.3, -0.25) is 0 Å². The van der Waals surface area contributed by atoms with E-state index in [0.717, 1.165) is 0 Å². The van der Waals surface area contributed by atoms with Crippen molar-refractivity contribution in [2.75, 3.05) is 20.3 Å². The highest BCUT2D eigenvalue weighted by atomic mass is 16.5. The predicted molar refractivity (Wildman–Crippen MR) is 74.8 cm³/mol. The molecule has 0 bridgehead atoms. The zero-order valence-electron chi connectivity index (χ0n) is 12.3. The quantitative estimate of drug-likeness (QED) is 0.758. The summed E-state index contributed by atoms with van der Waals surface area (Å²) in [5.74, 6) is -0.357. The number of rotatable bonds is 6. The molecule has 0 amide bonds. The number of β-amino-alcohol motifs (C(OH)–C–C–N with tert-alkyl or cyclic N) is 1. The Morgan fingerprint density at radius 2 is 2.20 bits per heavy atom. The van der Waals surface area contributed by atoms with Crippen LogP contribution in [-0.2, 0) is 4.74 Å². The second kappa shape index (κ2) is 7.21. The molecule has 0 saturated heterocycles. The molecule has 0 radical (unpaired) electrons. The number of aliphatic hydroxyl groups excluding tert-OH is 1. The first-order chi connectivity index (χ1) is 9.33. The van der Waals surface area contributed by atoms with Crippen molar-refractivity contribution in [3.05, 3.63) is 23.9 Å². The number of methoxy groups -OCH3 is 1. The number of carbonyl (C=O) groups excluding carboxylic acids is 1. The summed E-state index contributed by atoms with van der Waals surface area (Å²) in [6, 6.07) is 3.19. The Morgan fingerprint density at radius 3 is 2.80 bits per heavy atom. The van der Waals surface area contributed by atoms with E-state index in [0.29, 0.717) is 6.54 Å². The molecule has 1 unspecified atom stereocenters. The van der Waals surface area contributed by atoms with E-state index in [1.54, 1.807) is 12.1 Å². The second-order valence-electron chi connectivity index (χ2n) is 5.44. The summed E-state index contributed by atoms with van der Waals surface area (Å²) in [4.78, 5) is 15.5. The van der Waals surface area contributed by atoms with E-state index < -0.39 is 12.1 Å². The van der Waals surface area contributed by atoms with Gasteiger partial charge in [0.05, 0.1) is 7.11 Å². The van der Waals surface area contributed by atoms with Gasteiger partial charge in [0.1, 0.15) is 18.3 Å². The van der Waals surface area contributed by atoms with Crippen LogP contribution in [0.3, 0.4) is 0 Å². The molecule has 1 heterocycles. The molecule has 2 N–H and O–H groups in total. The molecule has 0 saturated carbocycles. The fourth-order valence-corrected chi connectivity index (χ4v) is 1.43. The highest BCUT2D eigenvalue weighted by Gasteiger charge is 2.16. The van der Waals surface area contributed by atoms with E-state index in [-0.39, 0.29) is 23.6 Å². The molecule has 0 aliphatic rings. The van der Waals surface area contributed by atoms with Gasteiger partial charge < -0.3 is 19.9 Å². The first-order valence-electron chi connectivity index (χ1n) is 6.42. The van der Waals surface area contributed by atoms with Crippen LogP contribution in [0.4, 0.5) is 0 Å². The highest BCUT2D eigenvalue weighted by molar-refractivity contribution is 5.91. The minimum Gasteiger partial charge on any atom is -0.474 e. The van der Waals surface area contributed by atoms with Crippen molar-refractivity contribution in [3.63, 3.8) is 0 Å². The summed E-state index contributed by atoms with van der Waals surface area (Å²) in [5.41, 5.74) is 0.161. The van der Waals surface area contributed by atoms with Crippen LogP contribution in [0.2, 0.25) is 0 Å². The lowest BCUT2D eigenvalue weighted by molar-refractivity contribution is 0.0585. The van der Waals surface area contributed by atoms with Crippen LogP contribution >= 0.6 is 0 Å². The Labute approximate surface area is 119 Å². The van der Waals surface area contributed by atoms with E-state index in [9.17, 15) is 9.90 Å². The van der Waals surface area contributed by atoms with E-state index in [1.807, 2.05) is 20.8 Å². The van der Waals surface area contributed by atoms with Crippen molar-refractivity contribution < 1.29 is 19.4 Å². The van der Waals surface area contributed by atoms with Gasteiger partial charge in [0.25, 0.3) is 0 Å². The molecular formula is C14H22N2O4. The third-order valence-electron chi connectivity index (χ3n) is 2.46. The summed E-state index contributed by atoms with van der Waals surface area (Å²) < 4.78 is 10.0. The smallest absolute Gasteiger partial charge is 0.343 e. The number of carbonyl (C=O) groups is 1. The largest absolute Gasteiger partial charge is 0.474 e. The van der Waals surface area contributed by atoms with Crippen molar-refractivity contribution in [2.24, 2.45) is 0 Å². The molecule has 1 aromatic rings. The molecule has 1 rings (SSSR count). The fourth-order valence-electron chi connectivity index (χ4n) is 1.43. The normalized spacial score (nSPS) is 12.8. The Morgan fingerprint density at radius 1 is 1.50 bits per heavy atom. The van der Waals surface area contributed by atoms with Crippen LogP contribution in [0.15, 0.2) is 18.3 Å². The SMILES string of the molecule is COC(=O)c1cccnc1OCC(O)CNC(C)(C)C. The average molecular weight is 282 g/mol. The standard InChI is InChI=1S/C14H22N2O4/c1-14(2,3)16-8-10(17)9-20-12-11(13(18)19-4)6-5-7-15-12/h5-7,10,16-17H,8-9H2,1-4H3. The zero-order valence-corrected chi connectivity index (χ0v) is 12.3. The topological polar surface area (TPSA) is 80.7 Å². The van der Waals surface area contributed by atoms with E-state index in [4.69, 9.17) is 4.74 Å². The van der Waals surface area contributed by atoms with Gasteiger partial charge in [-0.1, -0.05) is 0 Å². The fraction of sp³-hybridized carbons (Fsp3) is 0.571. The Kier molecular flexibility index (Phi) is 5.91. The van der Waals surface area contributed by atoms with Gasteiger partial charge in [0, 0.05) is 18.3 Å². The third kappa shape index (κ3) is 5.54. The molecule has 1 atom stereocenters. The number of ether oxygens (including phenoxy) is 2. The first kappa shape index (κ1) is 16.4. The number of aromatic nitrogens is 1. The number of hydrogen-bond donors (Lipinski definition) is 2. The maximum absolute atomic E-state index is 11.5. The number of aliphatic hydroxyl groups is 1. The van der Waals surface area contributed by atoms with Crippen LogP contribution in [0.5, 0.6) is 5.88 Å². The van der Waals surface area contributed by atoms with Crippen molar-refractivity contribution >= 4 is 5.97 Å². The molecule has 112 valence electrons. The lowest BCUT2D eigenvalue weighted by Gasteiger charge is -2.22. The maximum atomic E-state index is 11.5. The summed E-state index contributed by atoms with van der Waals surface area (Å²) in [6.07, 6.45) is 0.823. The van der Waals surface area contributed by atoms with Gasteiger partial charge in [0.15, 0.2) is 0 Å². The minimum atomic E-state index is -0.693. The van der Waals surface area contributed by atoms with Crippen LogP contribution in [0.25, 0.3) is 0 Å². The van der Waals surface area contributed by atoms with E-state index >= 15 is 0 Å². The van der Waals surface area contributed by atoms with Gasteiger partial charge in [-0.2, -0.15) is 0 Å². The number of hydrogen-bond acceptors (Lipinski definition) is 6. The van der Waals surface area contributed by atoms with Crippen LogP contribution < -0.4 is 10.1 Å². The van der Waals surface area contributed by atoms with Crippen molar-refractivity contribution in [3.8, 4) is 5.88 Å². The first-order valence-corrected chi connectivity index (χ1v) is 6.42. The average Bonchev–Trinajstić information content (AvgIpc) is 2.41. The number of nitrogens with one attached hydrogen (secondary N) is 1. The van der Waals surface area contributed by atoms with Gasteiger partial charge >= 0.3 is 5.97 Å². The lowest BCUT2D eigenvalue weighted by Crippen LogP contribution is -2.42. The number of pyridine rings is 1. The minimum absolute atomic E-state index is 0.0457. The number of nitrogens with zero attached hydrogens (tertiary/aromatic N) is 1. The van der Waals surface area contributed by atoms with Gasteiger partial charge in [-0.25, -0.2) is 9.78 Å². The molecule has 0 aliphatic heterocycles. The summed E-state index contributed by atoms with van der Waals surface area (Å²) in [7, 11) is 1.29. The predicted octanol–water partition coefficient (Wildman–Crippen LogP) is 0.996. The van der Waals surface area contributed by atoms with Gasteiger partial charge in [0.2, 0.25) is 5.88 Å². The van der Waals surface area contributed by atoms with Crippen LogP contribution in [0.1, 0.15) is 31.1 Å². The Balaban J connectivity index is 2.55. The van der Waals surface area contributed by atoms with Gasteiger partial charge in [-0.15, -0.1) is 0 Å². The van der Waals surface area contributed by atoms with Gasteiger partial charge in [-0.05, 0) is 32.9 Å². The molecular weight excluding hydrogens is 260 g/mol. The maximum Gasteiger partial charge on any atom is 0.343 e. The molecule has 0 aromatic carbocycles. The lowest BCUT2D eigenvalue weighted by atomic mass is 10.1. The van der Waals surface area contributed by atoms with Crippen molar-refractivity contribution in [1.82, 2.24) is 10.3 Å². The summed E-state index contributed by atoms with van der Waals surface area (Å²) in [6.45, 7) is 6.46. The molecule has 0 fully saturated rings. The third-order valence-corrected chi connectivity index (χ3v) is 2.46. The Bertz CT molecular complexity index is 443. The summed E-state index contributed by atoms with van der Waals surface area (Å²) in [5, 5.41) is 13.0. The molecule has 1 aromatic heterocycles. The zero-order chi connectivity index (χ0) is 15.2. The number of esters is 1. The van der Waals surface area contributed by atoms with Crippen molar-refractivity contribution in [1.29, 1.82) is 0 Å². The van der Waals surface area contributed by atoms with E-state index in [1.165, 1.54) is 13.3 Å². The summed E-state index contributed by atoms with van der Waals surface area (Å²) >= 11 is 0. The van der Waals surface area contributed by atoms with Crippen LogP contribution in [0, 0.1) is 0 Å². The molecule has 0 spiro atoms. The molecule has 6 heteroatoms. The highest BCUT2D eigenvalue weighted by Crippen LogP contribution is 2.15. The molecule has 20 heavy (non-hydrogen) atoms. The Hall–Kier alpha value is -1.66. The van der Waals surface area contributed by atoms with E-state index in [2.05, 4.69) is 15.0 Å². The molecule has 6 nitrogen and oxygen atoms in total.